The number of hydrogen-bond donors (Lipinski definition) is 1. The number of aryl methyl sites for hydroxylation is 2. The van der Waals surface area contributed by atoms with E-state index >= 15 is 0 Å². The third kappa shape index (κ3) is 3.06. The minimum Gasteiger partial charge on any atom is -0.436 e. The largest absolute Gasteiger partial charge is 0.436 e. The number of amides is 1. The molecule has 2 aromatic heterocycles. The Bertz CT molecular complexity index is 1060. The van der Waals surface area contributed by atoms with E-state index in [2.05, 4.69) is 23.3 Å². The van der Waals surface area contributed by atoms with Gasteiger partial charge in [-0.3, -0.25) is 4.79 Å². The van der Waals surface area contributed by atoms with Crippen molar-refractivity contribution in [3.8, 4) is 11.5 Å². The van der Waals surface area contributed by atoms with Crippen molar-refractivity contribution in [1.82, 2.24) is 4.98 Å². The Morgan fingerprint density at radius 2 is 2.00 bits per heavy atom. The predicted octanol–water partition coefficient (Wildman–Crippen LogP) is 5.43. The maximum Gasteiger partial charge on any atom is 0.265 e. The number of anilines is 1. The van der Waals surface area contributed by atoms with Crippen molar-refractivity contribution in [3.63, 3.8) is 0 Å². The zero-order valence-electron chi connectivity index (χ0n) is 13.9. The molecule has 4 aromatic rings. The first-order valence-corrected chi connectivity index (χ1v) is 8.81. The molecule has 2 aromatic carbocycles. The molecule has 0 spiro atoms. The van der Waals surface area contributed by atoms with E-state index < -0.39 is 0 Å². The fraction of sp³-hybridized carbons (Fsp3) is 0.100. The molecule has 0 aliphatic heterocycles. The lowest BCUT2D eigenvalue weighted by Crippen LogP contribution is -2.09. The number of thiophene rings is 1. The first-order valence-electron chi connectivity index (χ1n) is 7.93. The van der Waals surface area contributed by atoms with Crippen molar-refractivity contribution in [3.05, 3.63) is 69.9 Å². The van der Waals surface area contributed by atoms with E-state index in [4.69, 9.17) is 4.42 Å². The summed E-state index contributed by atoms with van der Waals surface area (Å²) in [5.74, 6) is 0.474. The van der Waals surface area contributed by atoms with Crippen molar-refractivity contribution in [1.29, 1.82) is 0 Å². The molecule has 0 aliphatic rings. The van der Waals surface area contributed by atoms with Gasteiger partial charge in [-0.2, -0.15) is 0 Å². The molecule has 0 atom stereocenters. The minimum atomic E-state index is -0.118. The van der Waals surface area contributed by atoms with Crippen molar-refractivity contribution < 1.29 is 9.21 Å². The standard InChI is InChI=1S/C20H16N2O2S/c1-12-5-7-15(13(2)10-12)20-22-16-11-14(6-8-17(16)24-20)21-19(23)18-4-3-9-25-18/h3-11H,1-2H3,(H,21,23). The Labute approximate surface area is 149 Å². The quantitative estimate of drug-likeness (QED) is 0.537. The predicted molar refractivity (Wildman–Crippen MR) is 101 cm³/mol. The molecular weight excluding hydrogens is 332 g/mol. The molecule has 0 saturated carbocycles. The van der Waals surface area contributed by atoms with Gasteiger partial charge < -0.3 is 9.73 Å². The van der Waals surface area contributed by atoms with Crippen molar-refractivity contribution in [2.45, 2.75) is 13.8 Å². The van der Waals surface area contributed by atoms with Gasteiger partial charge in [0.1, 0.15) is 5.52 Å². The molecule has 25 heavy (non-hydrogen) atoms. The van der Waals surface area contributed by atoms with Gasteiger partial charge in [0, 0.05) is 11.3 Å². The Hall–Kier alpha value is -2.92. The highest BCUT2D eigenvalue weighted by Gasteiger charge is 2.12. The van der Waals surface area contributed by atoms with E-state index in [1.807, 2.05) is 48.7 Å². The number of aromatic nitrogens is 1. The van der Waals surface area contributed by atoms with E-state index in [0.29, 0.717) is 22.0 Å². The molecule has 124 valence electrons. The van der Waals surface area contributed by atoms with Gasteiger partial charge in [0.25, 0.3) is 5.91 Å². The summed E-state index contributed by atoms with van der Waals surface area (Å²) < 4.78 is 5.89. The summed E-state index contributed by atoms with van der Waals surface area (Å²) in [5, 5.41) is 4.78. The summed E-state index contributed by atoms with van der Waals surface area (Å²) in [6.07, 6.45) is 0. The van der Waals surface area contributed by atoms with Crippen molar-refractivity contribution in [2.75, 3.05) is 5.32 Å². The molecule has 0 aliphatic carbocycles. The van der Waals surface area contributed by atoms with Crippen LogP contribution in [0.15, 0.2) is 58.3 Å². The maximum absolute atomic E-state index is 12.2. The zero-order chi connectivity index (χ0) is 17.4. The number of rotatable bonds is 3. The molecule has 0 bridgehead atoms. The minimum absolute atomic E-state index is 0.118. The molecule has 0 fully saturated rings. The summed E-state index contributed by atoms with van der Waals surface area (Å²) >= 11 is 1.41. The molecule has 0 saturated heterocycles. The van der Waals surface area contributed by atoms with Gasteiger partial charge in [0.15, 0.2) is 5.58 Å². The fourth-order valence-corrected chi connectivity index (χ4v) is 3.39. The topological polar surface area (TPSA) is 55.1 Å². The first-order chi connectivity index (χ1) is 12.1. The van der Waals surface area contributed by atoms with Crippen LogP contribution in [-0.2, 0) is 0 Å². The van der Waals surface area contributed by atoms with Crippen LogP contribution in [0.2, 0.25) is 0 Å². The molecule has 1 amide bonds. The molecular formula is C20H16N2O2S. The summed E-state index contributed by atoms with van der Waals surface area (Å²) in [4.78, 5) is 17.4. The summed E-state index contributed by atoms with van der Waals surface area (Å²) in [5.41, 5.74) is 5.43. The van der Waals surface area contributed by atoms with Crippen LogP contribution >= 0.6 is 11.3 Å². The maximum atomic E-state index is 12.2. The number of nitrogens with one attached hydrogen (secondary N) is 1. The van der Waals surface area contributed by atoms with Gasteiger partial charge in [0.05, 0.1) is 4.88 Å². The molecule has 2 heterocycles. The third-order valence-electron chi connectivity index (χ3n) is 4.00. The highest BCUT2D eigenvalue weighted by atomic mass is 32.1. The van der Waals surface area contributed by atoms with Crippen LogP contribution in [-0.4, -0.2) is 10.9 Å². The van der Waals surface area contributed by atoms with E-state index in [9.17, 15) is 4.79 Å². The smallest absolute Gasteiger partial charge is 0.265 e. The van der Waals surface area contributed by atoms with Crippen LogP contribution in [0.1, 0.15) is 20.8 Å². The number of carbonyl (C=O) groups is 1. The van der Waals surface area contributed by atoms with E-state index in [-0.39, 0.29) is 5.91 Å². The number of fused-ring (bicyclic) bond motifs is 1. The Balaban J connectivity index is 1.66. The van der Waals surface area contributed by atoms with Crippen LogP contribution in [0.5, 0.6) is 0 Å². The SMILES string of the molecule is Cc1ccc(-c2nc3cc(NC(=O)c4cccs4)ccc3o2)c(C)c1. The lowest BCUT2D eigenvalue weighted by Gasteiger charge is -2.02. The molecule has 0 unspecified atom stereocenters. The average Bonchev–Trinajstić information content (AvgIpc) is 3.24. The number of carbonyl (C=O) groups excluding carboxylic acids is 1. The van der Waals surface area contributed by atoms with Crippen molar-refractivity contribution >= 4 is 34.0 Å². The summed E-state index contributed by atoms with van der Waals surface area (Å²) in [7, 11) is 0. The van der Waals surface area contributed by atoms with E-state index in [0.717, 1.165) is 16.6 Å². The van der Waals surface area contributed by atoms with Crippen LogP contribution in [0.25, 0.3) is 22.6 Å². The monoisotopic (exact) mass is 348 g/mol. The lowest BCUT2D eigenvalue weighted by atomic mass is 10.1. The van der Waals surface area contributed by atoms with Gasteiger partial charge >= 0.3 is 0 Å². The van der Waals surface area contributed by atoms with Gasteiger partial charge in [-0.25, -0.2) is 4.98 Å². The van der Waals surface area contributed by atoms with Crippen LogP contribution in [0.4, 0.5) is 5.69 Å². The Morgan fingerprint density at radius 3 is 2.76 bits per heavy atom. The number of hydrogen-bond acceptors (Lipinski definition) is 4. The zero-order valence-corrected chi connectivity index (χ0v) is 14.7. The molecule has 1 N–H and O–H groups in total. The Kier molecular flexibility index (Phi) is 3.86. The number of oxazole rings is 1. The second-order valence-electron chi connectivity index (χ2n) is 5.95. The molecule has 0 radical (unpaired) electrons. The second kappa shape index (κ2) is 6.18. The average molecular weight is 348 g/mol. The second-order valence-corrected chi connectivity index (χ2v) is 6.90. The van der Waals surface area contributed by atoms with Crippen LogP contribution in [0.3, 0.4) is 0 Å². The summed E-state index contributed by atoms with van der Waals surface area (Å²) in [6.45, 7) is 4.11. The first kappa shape index (κ1) is 15.6. The number of benzene rings is 2. The molecule has 5 heteroatoms. The molecule has 4 rings (SSSR count). The van der Waals surface area contributed by atoms with Gasteiger partial charge in [-0.05, 0) is 55.1 Å². The van der Waals surface area contributed by atoms with Crippen LogP contribution < -0.4 is 5.32 Å². The van der Waals surface area contributed by atoms with Crippen LogP contribution in [0, 0.1) is 13.8 Å². The van der Waals surface area contributed by atoms with E-state index in [1.165, 1.54) is 16.9 Å². The Morgan fingerprint density at radius 1 is 1.12 bits per heavy atom. The lowest BCUT2D eigenvalue weighted by molar-refractivity contribution is 0.103. The van der Waals surface area contributed by atoms with Gasteiger partial charge in [-0.1, -0.05) is 23.8 Å². The summed E-state index contributed by atoms with van der Waals surface area (Å²) in [6, 6.07) is 15.3. The highest BCUT2D eigenvalue weighted by molar-refractivity contribution is 7.12. The number of nitrogens with zero attached hydrogens (tertiary/aromatic N) is 1. The van der Waals surface area contributed by atoms with Gasteiger partial charge in [0.2, 0.25) is 5.89 Å². The molecule has 4 nitrogen and oxygen atoms in total. The fourth-order valence-electron chi connectivity index (χ4n) is 2.77. The highest BCUT2D eigenvalue weighted by Crippen LogP contribution is 2.29. The third-order valence-corrected chi connectivity index (χ3v) is 4.87. The van der Waals surface area contributed by atoms with Gasteiger partial charge in [-0.15, -0.1) is 11.3 Å². The van der Waals surface area contributed by atoms with E-state index in [1.54, 1.807) is 6.07 Å². The van der Waals surface area contributed by atoms with Crippen molar-refractivity contribution in [2.24, 2.45) is 0 Å². The normalized spacial score (nSPS) is 11.0.